The second kappa shape index (κ2) is 7.81. The first-order chi connectivity index (χ1) is 12.8. The van der Waals surface area contributed by atoms with Gasteiger partial charge in [-0.05, 0) is 36.2 Å². The molecule has 0 unspecified atom stereocenters. The highest BCUT2D eigenvalue weighted by Crippen LogP contribution is 2.33. The Bertz CT molecular complexity index is 846. The first-order valence-electron chi connectivity index (χ1n) is 9.12. The van der Waals surface area contributed by atoms with E-state index in [9.17, 15) is 0 Å². The van der Waals surface area contributed by atoms with Gasteiger partial charge in [0.2, 0.25) is 0 Å². The van der Waals surface area contributed by atoms with E-state index in [1.165, 1.54) is 5.56 Å². The molecule has 2 atom stereocenters. The molecule has 1 aromatic carbocycles. The number of hydrogen-bond acceptors (Lipinski definition) is 4. The summed E-state index contributed by atoms with van der Waals surface area (Å²) in [6, 6.07) is 16.6. The van der Waals surface area contributed by atoms with Gasteiger partial charge in [-0.1, -0.05) is 24.3 Å². The van der Waals surface area contributed by atoms with E-state index in [4.69, 9.17) is 4.74 Å². The minimum Gasteiger partial charge on any atom is -0.372 e. The van der Waals surface area contributed by atoms with Crippen molar-refractivity contribution in [1.29, 1.82) is 0 Å². The van der Waals surface area contributed by atoms with Crippen LogP contribution in [-0.2, 0) is 18.3 Å². The molecule has 1 aliphatic rings. The molecule has 0 amide bonds. The summed E-state index contributed by atoms with van der Waals surface area (Å²) in [5, 5.41) is 7.88. The van der Waals surface area contributed by atoms with Crippen molar-refractivity contribution < 1.29 is 4.74 Å². The smallest absolute Gasteiger partial charge is 0.103 e. The third kappa shape index (κ3) is 3.69. The Labute approximate surface area is 154 Å². The molecule has 0 radical (unpaired) electrons. The Balaban J connectivity index is 1.37. The van der Waals surface area contributed by atoms with Crippen LogP contribution >= 0.6 is 0 Å². The molecule has 1 saturated heterocycles. The highest BCUT2D eigenvalue weighted by atomic mass is 16.5. The molecule has 0 saturated carbocycles. The lowest BCUT2D eigenvalue weighted by Gasteiger charge is -2.19. The summed E-state index contributed by atoms with van der Waals surface area (Å²) in [6.45, 7) is 2.59. The van der Waals surface area contributed by atoms with Gasteiger partial charge < -0.3 is 10.1 Å². The molecule has 5 heteroatoms. The standard InChI is InChI=1S/C21H24N4O/c1-25-20(8-11-24-25)21-18(9-12-26-21)15-22-14-16-5-4-6-17(13-16)19-7-2-3-10-23-19/h2-8,10-11,13,18,21-22H,9,12,14-15H2,1H3/t18-,21+/m0/s1. The predicted octanol–water partition coefficient (Wildman–Crippen LogP) is 3.35. The SMILES string of the molecule is Cn1nccc1[C@@H]1OCC[C@H]1CNCc1cccc(-c2ccccn2)c1. The molecule has 134 valence electrons. The van der Waals surface area contributed by atoms with Crippen molar-refractivity contribution in [2.24, 2.45) is 13.0 Å². The molecule has 26 heavy (non-hydrogen) atoms. The number of aryl methyl sites for hydroxylation is 1. The molecule has 1 fully saturated rings. The number of nitrogens with one attached hydrogen (secondary N) is 1. The highest BCUT2D eigenvalue weighted by molar-refractivity contribution is 5.59. The van der Waals surface area contributed by atoms with Crippen molar-refractivity contribution in [3.8, 4) is 11.3 Å². The molecule has 1 N–H and O–H groups in total. The van der Waals surface area contributed by atoms with E-state index in [-0.39, 0.29) is 6.10 Å². The zero-order valence-corrected chi connectivity index (χ0v) is 15.0. The largest absolute Gasteiger partial charge is 0.372 e. The molecular weight excluding hydrogens is 324 g/mol. The molecule has 0 aliphatic carbocycles. The molecule has 1 aliphatic heterocycles. The number of aromatic nitrogens is 3. The second-order valence-electron chi connectivity index (χ2n) is 6.77. The van der Waals surface area contributed by atoms with E-state index < -0.39 is 0 Å². The van der Waals surface area contributed by atoms with Crippen molar-refractivity contribution in [3.63, 3.8) is 0 Å². The number of benzene rings is 1. The molecule has 0 spiro atoms. The van der Waals surface area contributed by atoms with Crippen LogP contribution in [0.2, 0.25) is 0 Å². The number of rotatable bonds is 6. The fourth-order valence-electron chi connectivity index (χ4n) is 3.61. The summed E-state index contributed by atoms with van der Waals surface area (Å²) in [6.07, 6.45) is 4.88. The van der Waals surface area contributed by atoms with Crippen LogP contribution in [0.1, 0.15) is 23.8 Å². The van der Waals surface area contributed by atoms with E-state index in [1.54, 1.807) is 0 Å². The minimum atomic E-state index is 0.134. The van der Waals surface area contributed by atoms with Crippen LogP contribution in [0, 0.1) is 5.92 Å². The van der Waals surface area contributed by atoms with Crippen LogP contribution in [0.25, 0.3) is 11.3 Å². The summed E-state index contributed by atoms with van der Waals surface area (Å²) in [5.41, 5.74) is 4.59. The molecule has 2 aromatic heterocycles. The van der Waals surface area contributed by atoms with Crippen molar-refractivity contribution in [1.82, 2.24) is 20.1 Å². The lowest BCUT2D eigenvalue weighted by atomic mass is 9.98. The minimum absolute atomic E-state index is 0.134. The van der Waals surface area contributed by atoms with Gasteiger partial charge in [0, 0.05) is 50.6 Å². The van der Waals surface area contributed by atoms with Crippen LogP contribution in [0.15, 0.2) is 60.9 Å². The summed E-state index contributed by atoms with van der Waals surface area (Å²) in [7, 11) is 1.98. The van der Waals surface area contributed by atoms with Gasteiger partial charge in [-0.25, -0.2) is 0 Å². The van der Waals surface area contributed by atoms with Crippen LogP contribution in [0.5, 0.6) is 0 Å². The molecule has 3 heterocycles. The van der Waals surface area contributed by atoms with Gasteiger partial charge in [0.1, 0.15) is 6.10 Å². The number of pyridine rings is 1. The number of ether oxygens (including phenoxy) is 1. The Kier molecular flexibility index (Phi) is 5.09. The fraction of sp³-hybridized carbons (Fsp3) is 0.333. The monoisotopic (exact) mass is 348 g/mol. The van der Waals surface area contributed by atoms with E-state index in [2.05, 4.69) is 45.7 Å². The summed E-state index contributed by atoms with van der Waals surface area (Å²) in [5.74, 6) is 0.476. The Morgan fingerprint density at radius 1 is 1.15 bits per heavy atom. The zero-order chi connectivity index (χ0) is 17.8. The average Bonchev–Trinajstić information content (AvgIpc) is 3.31. The van der Waals surface area contributed by atoms with E-state index in [0.717, 1.165) is 43.1 Å². The maximum absolute atomic E-state index is 5.96. The van der Waals surface area contributed by atoms with Gasteiger partial charge >= 0.3 is 0 Å². The summed E-state index contributed by atoms with van der Waals surface area (Å²) in [4.78, 5) is 4.43. The normalized spacial score (nSPS) is 19.7. The van der Waals surface area contributed by atoms with E-state index in [1.807, 2.05) is 42.3 Å². The first-order valence-corrected chi connectivity index (χ1v) is 9.12. The van der Waals surface area contributed by atoms with Crippen molar-refractivity contribution in [2.45, 2.75) is 19.1 Å². The van der Waals surface area contributed by atoms with Crippen LogP contribution in [0.4, 0.5) is 0 Å². The fourth-order valence-corrected chi connectivity index (χ4v) is 3.61. The lowest BCUT2D eigenvalue weighted by molar-refractivity contribution is 0.0838. The summed E-state index contributed by atoms with van der Waals surface area (Å²) >= 11 is 0. The molecular formula is C21H24N4O. The zero-order valence-electron chi connectivity index (χ0n) is 15.0. The average molecular weight is 348 g/mol. The van der Waals surface area contributed by atoms with Crippen LogP contribution in [0.3, 0.4) is 0 Å². The topological polar surface area (TPSA) is 52.0 Å². The van der Waals surface area contributed by atoms with Gasteiger partial charge in [-0.3, -0.25) is 9.67 Å². The molecule has 3 aromatic rings. The molecule has 4 rings (SSSR count). The van der Waals surface area contributed by atoms with Gasteiger partial charge in [-0.2, -0.15) is 5.10 Å². The predicted molar refractivity (Wildman–Crippen MR) is 101 cm³/mol. The number of hydrogen-bond donors (Lipinski definition) is 1. The molecule has 5 nitrogen and oxygen atoms in total. The maximum Gasteiger partial charge on any atom is 0.103 e. The Morgan fingerprint density at radius 3 is 2.92 bits per heavy atom. The Hall–Kier alpha value is -2.50. The van der Waals surface area contributed by atoms with Crippen LogP contribution < -0.4 is 5.32 Å². The van der Waals surface area contributed by atoms with Crippen molar-refractivity contribution in [3.05, 3.63) is 72.2 Å². The van der Waals surface area contributed by atoms with E-state index >= 15 is 0 Å². The van der Waals surface area contributed by atoms with Gasteiger partial charge in [0.25, 0.3) is 0 Å². The highest BCUT2D eigenvalue weighted by Gasteiger charge is 2.31. The lowest BCUT2D eigenvalue weighted by Crippen LogP contribution is -2.25. The van der Waals surface area contributed by atoms with E-state index in [0.29, 0.717) is 5.92 Å². The first kappa shape index (κ1) is 16.9. The summed E-state index contributed by atoms with van der Waals surface area (Å²) < 4.78 is 7.88. The van der Waals surface area contributed by atoms with Gasteiger partial charge in [0.05, 0.1) is 11.4 Å². The second-order valence-corrected chi connectivity index (χ2v) is 6.77. The van der Waals surface area contributed by atoms with Gasteiger partial charge in [0.15, 0.2) is 0 Å². The third-order valence-corrected chi connectivity index (χ3v) is 4.99. The third-order valence-electron chi connectivity index (χ3n) is 4.99. The van der Waals surface area contributed by atoms with Crippen molar-refractivity contribution >= 4 is 0 Å². The Morgan fingerprint density at radius 2 is 2.12 bits per heavy atom. The van der Waals surface area contributed by atoms with Gasteiger partial charge in [-0.15, -0.1) is 0 Å². The quantitative estimate of drug-likeness (QED) is 0.742. The van der Waals surface area contributed by atoms with Crippen molar-refractivity contribution in [2.75, 3.05) is 13.2 Å². The number of nitrogens with zero attached hydrogens (tertiary/aromatic N) is 3. The molecule has 0 bridgehead atoms. The maximum atomic E-state index is 5.96. The van der Waals surface area contributed by atoms with Crippen LogP contribution in [-0.4, -0.2) is 27.9 Å².